The smallest absolute Gasteiger partial charge is 0.280 e. The number of anilines is 1. The topological polar surface area (TPSA) is 97.4 Å². The number of aromatic nitrogens is 5. The molecule has 0 atom stereocenters. The molecule has 0 saturated carbocycles. The van der Waals surface area contributed by atoms with Gasteiger partial charge in [0.25, 0.3) is 18.2 Å². The second kappa shape index (κ2) is 8.77. The summed E-state index contributed by atoms with van der Waals surface area (Å²) >= 11 is 0. The monoisotopic (exact) mass is 453 g/mol. The van der Waals surface area contributed by atoms with E-state index in [0.29, 0.717) is 12.1 Å². The minimum absolute atomic E-state index is 0.0119. The van der Waals surface area contributed by atoms with Crippen LogP contribution in [0.3, 0.4) is 0 Å². The Morgan fingerprint density at radius 3 is 2.48 bits per heavy atom. The number of hydrogen-bond donors (Lipinski definition) is 1. The number of hydrogen-bond acceptors (Lipinski definition) is 5. The van der Waals surface area contributed by atoms with E-state index in [1.807, 2.05) is 6.92 Å². The van der Waals surface area contributed by atoms with Crippen LogP contribution < -0.4 is 5.32 Å². The fourth-order valence-electron chi connectivity index (χ4n) is 3.40. The molecule has 0 radical (unpaired) electrons. The Morgan fingerprint density at radius 2 is 1.85 bits per heavy atom. The Bertz CT molecular complexity index is 1330. The zero-order valence-electron chi connectivity index (χ0n) is 18.2. The minimum Gasteiger partial charge on any atom is -0.343 e. The van der Waals surface area contributed by atoms with Crippen LogP contribution in [0.5, 0.6) is 0 Å². The first kappa shape index (κ1) is 22.1. The summed E-state index contributed by atoms with van der Waals surface area (Å²) in [5, 5.41) is 10.8. The summed E-state index contributed by atoms with van der Waals surface area (Å²) in [4.78, 5) is 31.5. The van der Waals surface area contributed by atoms with Crippen molar-refractivity contribution < 1.29 is 18.4 Å². The fraction of sp³-hybridized carbons (Fsp3) is 0.227. The third-order valence-electron chi connectivity index (χ3n) is 5.03. The number of alkyl halides is 2. The van der Waals surface area contributed by atoms with Crippen LogP contribution in [0.1, 0.15) is 39.9 Å². The molecule has 3 heterocycles. The summed E-state index contributed by atoms with van der Waals surface area (Å²) in [6, 6.07) is 10.1. The first-order chi connectivity index (χ1) is 15.8. The van der Waals surface area contributed by atoms with E-state index in [1.165, 1.54) is 28.0 Å². The van der Waals surface area contributed by atoms with E-state index < -0.39 is 12.3 Å². The highest BCUT2D eigenvalue weighted by Gasteiger charge is 2.25. The van der Waals surface area contributed by atoms with Gasteiger partial charge in [0.15, 0.2) is 5.65 Å². The first-order valence-corrected chi connectivity index (χ1v) is 10.1. The molecule has 0 spiro atoms. The maximum Gasteiger partial charge on any atom is 0.280 e. The van der Waals surface area contributed by atoms with Crippen molar-refractivity contribution in [1.29, 1.82) is 0 Å². The minimum atomic E-state index is -2.83. The maximum atomic E-state index is 13.8. The number of carbonyl (C=O) groups excluding carboxylic acids is 2. The lowest BCUT2D eigenvalue weighted by Gasteiger charge is -2.13. The second-order valence-electron chi connectivity index (χ2n) is 7.40. The Morgan fingerprint density at radius 1 is 1.12 bits per heavy atom. The lowest BCUT2D eigenvalue weighted by molar-refractivity contribution is 0.0816. The molecule has 1 N–H and O–H groups in total. The average molecular weight is 453 g/mol. The Balaban J connectivity index is 1.78. The molecule has 0 saturated heterocycles. The SMILES string of the molecule is CCn1ncc(NC(=O)c2cnn3c(C(F)F)cc(-c4ccccc4)nc23)c1C(=O)N(C)C. The van der Waals surface area contributed by atoms with E-state index >= 15 is 0 Å². The zero-order chi connectivity index (χ0) is 23.7. The number of fused-ring (bicyclic) bond motifs is 1. The molecular formula is C22H21F2N7O2. The largest absolute Gasteiger partial charge is 0.343 e. The van der Waals surface area contributed by atoms with Crippen LogP contribution in [0.4, 0.5) is 14.5 Å². The number of nitrogens with zero attached hydrogens (tertiary/aromatic N) is 6. The quantitative estimate of drug-likeness (QED) is 0.482. The Labute approximate surface area is 187 Å². The highest BCUT2D eigenvalue weighted by molar-refractivity contribution is 6.11. The van der Waals surface area contributed by atoms with Crippen molar-refractivity contribution in [1.82, 2.24) is 29.3 Å². The maximum absolute atomic E-state index is 13.8. The molecule has 11 heteroatoms. The molecule has 33 heavy (non-hydrogen) atoms. The van der Waals surface area contributed by atoms with E-state index in [0.717, 1.165) is 4.52 Å². The summed E-state index contributed by atoms with van der Waals surface area (Å²) in [6.07, 6.45) is -0.284. The molecule has 170 valence electrons. The van der Waals surface area contributed by atoms with E-state index in [-0.39, 0.29) is 39.9 Å². The van der Waals surface area contributed by atoms with Gasteiger partial charge in [-0.25, -0.2) is 18.3 Å². The standard InChI is InChI=1S/C22H21F2N7O2/c1-4-30-18(22(33)29(2)3)16(12-25-30)28-21(32)14-11-26-31-17(19(23)24)10-15(27-20(14)31)13-8-6-5-7-9-13/h5-12,19H,4H2,1-3H3,(H,28,32). The van der Waals surface area contributed by atoms with Gasteiger partial charge in [-0.05, 0) is 13.0 Å². The third kappa shape index (κ3) is 4.04. The van der Waals surface area contributed by atoms with Gasteiger partial charge >= 0.3 is 0 Å². The van der Waals surface area contributed by atoms with Gasteiger partial charge < -0.3 is 10.2 Å². The second-order valence-corrected chi connectivity index (χ2v) is 7.40. The Hall–Kier alpha value is -4.15. The molecule has 4 rings (SSSR count). The van der Waals surface area contributed by atoms with Gasteiger partial charge in [0.1, 0.15) is 17.0 Å². The van der Waals surface area contributed by atoms with Gasteiger partial charge in [0.2, 0.25) is 0 Å². The van der Waals surface area contributed by atoms with E-state index in [4.69, 9.17) is 0 Å². The summed E-state index contributed by atoms with van der Waals surface area (Å²) < 4.78 is 30.0. The van der Waals surface area contributed by atoms with Gasteiger partial charge in [-0.1, -0.05) is 30.3 Å². The van der Waals surface area contributed by atoms with Crippen molar-refractivity contribution in [2.75, 3.05) is 19.4 Å². The van der Waals surface area contributed by atoms with Gasteiger partial charge in [0.05, 0.1) is 23.8 Å². The molecule has 0 aliphatic carbocycles. The number of aryl methyl sites for hydroxylation is 1. The lowest BCUT2D eigenvalue weighted by atomic mass is 10.1. The molecule has 0 aliphatic heterocycles. The molecule has 4 aromatic rings. The van der Waals surface area contributed by atoms with Crippen molar-refractivity contribution in [2.24, 2.45) is 0 Å². The van der Waals surface area contributed by atoms with Crippen LogP contribution in [0.25, 0.3) is 16.9 Å². The van der Waals surface area contributed by atoms with Crippen molar-refractivity contribution in [3.8, 4) is 11.3 Å². The summed E-state index contributed by atoms with van der Waals surface area (Å²) in [7, 11) is 3.18. The number of rotatable bonds is 6. The van der Waals surface area contributed by atoms with E-state index in [2.05, 4.69) is 20.5 Å². The number of benzene rings is 1. The predicted octanol–water partition coefficient (Wildman–Crippen LogP) is 3.50. The summed E-state index contributed by atoms with van der Waals surface area (Å²) in [5.41, 5.74) is 0.898. The highest BCUT2D eigenvalue weighted by Crippen LogP contribution is 2.27. The average Bonchev–Trinajstić information content (AvgIpc) is 3.42. The van der Waals surface area contributed by atoms with Crippen LogP contribution in [0.2, 0.25) is 0 Å². The number of nitrogens with one attached hydrogen (secondary N) is 1. The van der Waals surface area contributed by atoms with Crippen LogP contribution in [0, 0.1) is 0 Å². The summed E-state index contributed by atoms with van der Waals surface area (Å²) in [5.74, 6) is -0.986. The first-order valence-electron chi connectivity index (χ1n) is 10.1. The Kier molecular flexibility index (Phi) is 5.86. The number of carbonyl (C=O) groups is 2. The van der Waals surface area contributed by atoms with Gasteiger partial charge in [0, 0.05) is 26.2 Å². The third-order valence-corrected chi connectivity index (χ3v) is 5.03. The molecule has 2 amide bonds. The van der Waals surface area contributed by atoms with Crippen molar-refractivity contribution in [2.45, 2.75) is 19.9 Å². The normalized spacial score (nSPS) is 11.2. The number of amides is 2. The van der Waals surface area contributed by atoms with Crippen LogP contribution in [0.15, 0.2) is 48.8 Å². The molecular weight excluding hydrogens is 432 g/mol. The molecule has 0 aliphatic rings. The van der Waals surface area contributed by atoms with Gasteiger partial charge in [-0.3, -0.25) is 14.3 Å². The van der Waals surface area contributed by atoms with Crippen molar-refractivity contribution in [3.05, 3.63) is 65.7 Å². The molecule has 0 unspecified atom stereocenters. The zero-order valence-corrected chi connectivity index (χ0v) is 18.2. The van der Waals surface area contributed by atoms with Crippen LogP contribution >= 0.6 is 0 Å². The number of halogens is 2. The van der Waals surface area contributed by atoms with Gasteiger partial charge in [-0.2, -0.15) is 10.2 Å². The highest BCUT2D eigenvalue weighted by atomic mass is 19.3. The van der Waals surface area contributed by atoms with Crippen molar-refractivity contribution >= 4 is 23.1 Å². The van der Waals surface area contributed by atoms with Gasteiger partial charge in [-0.15, -0.1) is 0 Å². The predicted molar refractivity (Wildman–Crippen MR) is 117 cm³/mol. The van der Waals surface area contributed by atoms with Crippen molar-refractivity contribution in [3.63, 3.8) is 0 Å². The molecule has 1 aromatic carbocycles. The van der Waals surface area contributed by atoms with E-state index in [9.17, 15) is 18.4 Å². The molecule has 3 aromatic heterocycles. The molecule has 9 nitrogen and oxygen atoms in total. The van der Waals surface area contributed by atoms with Crippen LogP contribution in [-0.4, -0.2) is 55.2 Å². The molecule has 0 bridgehead atoms. The lowest BCUT2D eigenvalue weighted by Crippen LogP contribution is -2.26. The van der Waals surface area contributed by atoms with Crippen LogP contribution in [-0.2, 0) is 6.54 Å². The van der Waals surface area contributed by atoms with E-state index in [1.54, 1.807) is 44.4 Å². The molecule has 0 fully saturated rings. The summed E-state index contributed by atoms with van der Waals surface area (Å²) in [6.45, 7) is 2.23. The fourth-order valence-corrected chi connectivity index (χ4v) is 3.40.